The van der Waals surface area contributed by atoms with Crippen molar-refractivity contribution in [1.29, 1.82) is 0 Å². The normalized spacial score (nSPS) is 10.4. The molecule has 0 aliphatic rings. The van der Waals surface area contributed by atoms with Gasteiger partial charge >= 0.3 is 0 Å². The minimum absolute atomic E-state index is 0.118. The van der Waals surface area contributed by atoms with Gasteiger partial charge in [0, 0.05) is 17.2 Å². The molecule has 2 aromatic carbocycles. The van der Waals surface area contributed by atoms with E-state index in [0.717, 1.165) is 28.1 Å². The molecule has 0 aliphatic heterocycles. The van der Waals surface area contributed by atoms with Crippen LogP contribution < -0.4 is 14.8 Å². The molecule has 0 unspecified atom stereocenters. The highest BCUT2D eigenvalue weighted by atomic mass is 16.5. The van der Waals surface area contributed by atoms with E-state index in [1.54, 1.807) is 13.2 Å². The summed E-state index contributed by atoms with van der Waals surface area (Å²) in [5.74, 6) is 1.09. The quantitative estimate of drug-likeness (QED) is 0.637. The van der Waals surface area contributed by atoms with Gasteiger partial charge in [0.1, 0.15) is 12.4 Å². The van der Waals surface area contributed by atoms with Gasteiger partial charge in [0.15, 0.2) is 0 Å². The van der Waals surface area contributed by atoms with Crippen LogP contribution in [-0.2, 0) is 0 Å². The summed E-state index contributed by atoms with van der Waals surface area (Å²) in [6.07, 6.45) is 0. The molecule has 1 heterocycles. The van der Waals surface area contributed by atoms with E-state index in [9.17, 15) is 4.79 Å². The summed E-state index contributed by atoms with van der Waals surface area (Å²) in [6.45, 7) is 4.70. The molecular weight excluding hydrogens is 354 g/mol. The zero-order valence-corrected chi connectivity index (χ0v) is 16.2. The lowest BCUT2D eigenvalue weighted by atomic mass is 10.1. The maximum absolute atomic E-state index is 12.2. The molecule has 1 aromatic heterocycles. The zero-order valence-electron chi connectivity index (χ0n) is 16.2. The number of nitrogens with zero attached hydrogens (tertiary/aromatic N) is 2. The zero-order chi connectivity index (χ0) is 19.9. The average Bonchev–Trinajstić information content (AvgIpc) is 2.73. The maximum atomic E-state index is 12.2. The van der Waals surface area contributed by atoms with Crippen LogP contribution in [0.3, 0.4) is 0 Å². The summed E-state index contributed by atoms with van der Waals surface area (Å²) < 4.78 is 10.7. The van der Waals surface area contributed by atoms with E-state index in [1.807, 2.05) is 62.4 Å². The van der Waals surface area contributed by atoms with Crippen molar-refractivity contribution in [2.24, 2.45) is 0 Å². The topological polar surface area (TPSA) is 73.3 Å². The number of hydrogen-bond acceptors (Lipinski definition) is 5. The first-order chi connectivity index (χ1) is 13.6. The minimum Gasteiger partial charge on any atom is -0.497 e. The molecule has 0 aliphatic carbocycles. The van der Waals surface area contributed by atoms with Crippen molar-refractivity contribution < 1.29 is 14.3 Å². The van der Waals surface area contributed by atoms with E-state index in [4.69, 9.17) is 9.47 Å². The highest BCUT2D eigenvalue weighted by Crippen LogP contribution is 2.21. The van der Waals surface area contributed by atoms with Crippen molar-refractivity contribution in [2.45, 2.75) is 13.8 Å². The molecule has 28 heavy (non-hydrogen) atoms. The van der Waals surface area contributed by atoms with Crippen molar-refractivity contribution in [3.05, 3.63) is 71.3 Å². The van der Waals surface area contributed by atoms with E-state index >= 15 is 0 Å². The fraction of sp³-hybridized carbons (Fsp3) is 0.227. The number of amides is 1. The van der Waals surface area contributed by atoms with Gasteiger partial charge in [0.2, 0.25) is 5.88 Å². The number of carbonyl (C=O) groups excluding carboxylic acids is 1. The summed E-state index contributed by atoms with van der Waals surface area (Å²) in [5, 5.41) is 11.1. The predicted molar refractivity (Wildman–Crippen MR) is 108 cm³/mol. The predicted octanol–water partition coefficient (Wildman–Crippen LogP) is 3.58. The van der Waals surface area contributed by atoms with Crippen molar-refractivity contribution >= 4 is 5.91 Å². The highest BCUT2D eigenvalue weighted by molar-refractivity contribution is 5.94. The first-order valence-corrected chi connectivity index (χ1v) is 9.03. The van der Waals surface area contributed by atoms with Gasteiger partial charge < -0.3 is 14.8 Å². The van der Waals surface area contributed by atoms with Crippen LogP contribution in [0.25, 0.3) is 11.3 Å². The molecule has 0 saturated heterocycles. The lowest BCUT2D eigenvalue weighted by Gasteiger charge is -2.08. The summed E-state index contributed by atoms with van der Waals surface area (Å²) >= 11 is 0. The van der Waals surface area contributed by atoms with Crippen LogP contribution in [0.5, 0.6) is 11.6 Å². The fourth-order valence-electron chi connectivity index (χ4n) is 2.62. The van der Waals surface area contributed by atoms with Gasteiger partial charge in [-0.05, 0) is 67.4 Å². The number of carbonyl (C=O) groups is 1. The summed E-state index contributed by atoms with van der Waals surface area (Å²) in [7, 11) is 1.63. The standard InChI is InChI=1S/C22H23N3O3/c1-15-4-5-18(14-16(15)2)22(26)23-12-13-28-21-11-10-20(24-25-21)17-6-8-19(27-3)9-7-17/h4-11,14H,12-13H2,1-3H3,(H,23,26). The second-order valence-corrected chi connectivity index (χ2v) is 6.39. The van der Waals surface area contributed by atoms with Crippen molar-refractivity contribution in [3.8, 4) is 22.9 Å². The Bertz CT molecular complexity index is 938. The molecule has 0 spiro atoms. The number of ether oxygens (including phenoxy) is 2. The third-order valence-corrected chi connectivity index (χ3v) is 4.43. The first kappa shape index (κ1) is 19.4. The van der Waals surface area contributed by atoms with Crippen LogP contribution in [0.2, 0.25) is 0 Å². The smallest absolute Gasteiger partial charge is 0.251 e. The van der Waals surface area contributed by atoms with Gasteiger partial charge in [-0.15, -0.1) is 10.2 Å². The van der Waals surface area contributed by atoms with E-state index in [-0.39, 0.29) is 5.91 Å². The van der Waals surface area contributed by atoms with Crippen LogP contribution >= 0.6 is 0 Å². The fourth-order valence-corrected chi connectivity index (χ4v) is 2.62. The Labute approximate surface area is 164 Å². The average molecular weight is 377 g/mol. The van der Waals surface area contributed by atoms with Gasteiger partial charge in [-0.1, -0.05) is 6.07 Å². The van der Waals surface area contributed by atoms with Gasteiger partial charge in [0.25, 0.3) is 5.91 Å². The first-order valence-electron chi connectivity index (χ1n) is 9.03. The molecule has 0 fully saturated rings. The number of rotatable bonds is 7. The molecule has 6 nitrogen and oxygen atoms in total. The second-order valence-electron chi connectivity index (χ2n) is 6.39. The Hall–Kier alpha value is -3.41. The molecule has 144 valence electrons. The number of benzene rings is 2. The van der Waals surface area contributed by atoms with Gasteiger partial charge in [-0.3, -0.25) is 4.79 Å². The number of aryl methyl sites for hydroxylation is 2. The Kier molecular flexibility index (Phi) is 6.22. The molecule has 0 atom stereocenters. The second kappa shape index (κ2) is 8.99. The molecule has 0 radical (unpaired) electrons. The van der Waals surface area contributed by atoms with E-state index in [2.05, 4.69) is 15.5 Å². The monoisotopic (exact) mass is 377 g/mol. The van der Waals surface area contributed by atoms with Gasteiger partial charge in [-0.2, -0.15) is 0 Å². The largest absolute Gasteiger partial charge is 0.497 e. The summed E-state index contributed by atoms with van der Waals surface area (Å²) in [4.78, 5) is 12.2. The third-order valence-electron chi connectivity index (χ3n) is 4.43. The summed E-state index contributed by atoms with van der Waals surface area (Å²) in [5.41, 5.74) is 4.60. The number of methoxy groups -OCH3 is 1. The molecule has 0 bridgehead atoms. The van der Waals surface area contributed by atoms with Crippen LogP contribution in [0.1, 0.15) is 21.5 Å². The minimum atomic E-state index is -0.118. The Balaban J connectivity index is 1.48. The Morgan fingerprint density at radius 1 is 0.964 bits per heavy atom. The van der Waals surface area contributed by atoms with Crippen LogP contribution in [0.15, 0.2) is 54.6 Å². The third kappa shape index (κ3) is 4.85. The number of aromatic nitrogens is 2. The van der Waals surface area contributed by atoms with Crippen molar-refractivity contribution in [2.75, 3.05) is 20.3 Å². The molecular formula is C22H23N3O3. The van der Waals surface area contributed by atoms with E-state index < -0.39 is 0 Å². The maximum Gasteiger partial charge on any atom is 0.251 e. The van der Waals surface area contributed by atoms with E-state index in [1.165, 1.54) is 0 Å². The van der Waals surface area contributed by atoms with Gasteiger partial charge in [0.05, 0.1) is 19.3 Å². The molecule has 1 N–H and O–H groups in total. The van der Waals surface area contributed by atoms with Crippen molar-refractivity contribution in [1.82, 2.24) is 15.5 Å². The molecule has 1 amide bonds. The SMILES string of the molecule is COc1ccc(-c2ccc(OCCNC(=O)c3ccc(C)c(C)c3)nn2)cc1. The molecule has 3 rings (SSSR count). The Morgan fingerprint density at radius 2 is 1.75 bits per heavy atom. The molecule has 3 aromatic rings. The summed E-state index contributed by atoms with van der Waals surface area (Å²) in [6, 6.07) is 16.9. The lowest BCUT2D eigenvalue weighted by molar-refractivity contribution is 0.0946. The van der Waals surface area contributed by atoms with Gasteiger partial charge in [-0.25, -0.2) is 0 Å². The lowest BCUT2D eigenvalue weighted by Crippen LogP contribution is -2.28. The van der Waals surface area contributed by atoms with Crippen LogP contribution in [0.4, 0.5) is 0 Å². The van der Waals surface area contributed by atoms with Crippen molar-refractivity contribution in [3.63, 3.8) is 0 Å². The Morgan fingerprint density at radius 3 is 2.39 bits per heavy atom. The molecule has 0 saturated carbocycles. The van der Waals surface area contributed by atoms with E-state index in [0.29, 0.717) is 24.6 Å². The number of hydrogen-bond donors (Lipinski definition) is 1. The number of nitrogens with one attached hydrogen (secondary N) is 1. The van der Waals surface area contributed by atoms with Crippen LogP contribution in [-0.4, -0.2) is 36.4 Å². The van der Waals surface area contributed by atoms with Crippen LogP contribution in [0, 0.1) is 13.8 Å². The highest BCUT2D eigenvalue weighted by Gasteiger charge is 2.07. The molecule has 6 heteroatoms.